The minimum Gasteiger partial charge on any atom is -0.494 e. The van der Waals surface area contributed by atoms with Gasteiger partial charge in [-0.15, -0.1) is 24.0 Å². The van der Waals surface area contributed by atoms with Crippen molar-refractivity contribution in [2.45, 2.75) is 37.6 Å². The first kappa shape index (κ1) is 24.2. The molecule has 0 aromatic heterocycles. The number of nitrogens with one attached hydrogen (secondary N) is 2. The fourth-order valence-electron chi connectivity index (χ4n) is 3.95. The molecule has 2 saturated heterocycles. The van der Waals surface area contributed by atoms with Crippen molar-refractivity contribution in [3.05, 3.63) is 29.8 Å². The third kappa shape index (κ3) is 6.45. The van der Waals surface area contributed by atoms with Crippen LogP contribution in [0, 0.1) is 0 Å². The Hall–Kier alpha value is -1.07. The quantitative estimate of drug-likeness (QED) is 0.329. The monoisotopic (exact) mass is 537 g/mol. The molecule has 164 valence electrons. The predicted molar refractivity (Wildman–Crippen MR) is 126 cm³/mol. The van der Waals surface area contributed by atoms with Crippen LogP contribution in [0.2, 0.25) is 0 Å². The molecule has 0 aliphatic carbocycles. The van der Waals surface area contributed by atoms with E-state index in [9.17, 15) is 8.42 Å². The third-order valence-corrected chi connectivity index (χ3v) is 7.39. The van der Waals surface area contributed by atoms with E-state index in [2.05, 4.69) is 27.8 Å². The number of guanidine groups is 1. The second-order valence-corrected chi connectivity index (χ2v) is 9.75. The van der Waals surface area contributed by atoms with E-state index in [1.807, 2.05) is 19.1 Å². The molecule has 2 heterocycles. The number of hydrogen-bond donors (Lipinski definition) is 2. The van der Waals surface area contributed by atoms with E-state index in [0.717, 1.165) is 31.8 Å². The van der Waals surface area contributed by atoms with Crippen molar-refractivity contribution in [2.24, 2.45) is 4.99 Å². The summed E-state index contributed by atoms with van der Waals surface area (Å²) in [5, 5.41) is 6.69. The number of benzene rings is 1. The van der Waals surface area contributed by atoms with Crippen molar-refractivity contribution in [3.63, 3.8) is 0 Å². The summed E-state index contributed by atoms with van der Waals surface area (Å²) in [6, 6.07) is 8.24. The van der Waals surface area contributed by atoms with Crippen LogP contribution in [0.25, 0.3) is 0 Å². The summed E-state index contributed by atoms with van der Waals surface area (Å²) in [6.45, 7) is 4.79. The van der Waals surface area contributed by atoms with Crippen LogP contribution >= 0.6 is 24.0 Å². The third-order valence-electron chi connectivity index (χ3n) is 5.62. The molecule has 0 saturated carbocycles. The second-order valence-electron chi connectivity index (χ2n) is 7.52. The summed E-state index contributed by atoms with van der Waals surface area (Å²) >= 11 is 0. The molecule has 2 N–H and O–H groups in total. The molecule has 1 aromatic carbocycles. The van der Waals surface area contributed by atoms with Crippen molar-refractivity contribution in [3.8, 4) is 5.75 Å². The van der Waals surface area contributed by atoms with Gasteiger partial charge in [0.2, 0.25) is 0 Å². The minimum atomic E-state index is -2.92. The highest BCUT2D eigenvalue weighted by molar-refractivity contribution is 14.0. The number of halogens is 1. The van der Waals surface area contributed by atoms with E-state index in [0.29, 0.717) is 25.5 Å². The lowest BCUT2D eigenvalue weighted by Gasteiger charge is -2.38. The van der Waals surface area contributed by atoms with Crippen molar-refractivity contribution >= 4 is 39.8 Å². The summed E-state index contributed by atoms with van der Waals surface area (Å²) in [7, 11) is -1.21. The molecule has 1 atom stereocenters. The maximum Gasteiger partial charge on any atom is 0.191 e. The average Bonchev–Trinajstić information content (AvgIpc) is 3.05. The number of aliphatic imine (C=N–C) groups is 1. The molecular weight excluding hydrogens is 505 g/mol. The molecule has 3 rings (SSSR count). The molecule has 0 bridgehead atoms. The largest absolute Gasteiger partial charge is 0.494 e. The van der Waals surface area contributed by atoms with E-state index in [1.165, 1.54) is 5.56 Å². The van der Waals surface area contributed by atoms with Gasteiger partial charge in [0.15, 0.2) is 15.8 Å². The number of sulfone groups is 1. The fraction of sp³-hybridized carbons (Fsp3) is 0.650. The predicted octanol–water partition coefficient (Wildman–Crippen LogP) is 2.10. The van der Waals surface area contributed by atoms with Crippen LogP contribution in [0.4, 0.5) is 0 Å². The zero-order valence-corrected chi connectivity index (χ0v) is 20.3. The minimum absolute atomic E-state index is 0. The molecule has 9 heteroatoms. The summed E-state index contributed by atoms with van der Waals surface area (Å²) in [5.74, 6) is 1.95. The van der Waals surface area contributed by atoms with Crippen LogP contribution in [0.15, 0.2) is 29.3 Å². The van der Waals surface area contributed by atoms with Crippen LogP contribution in [0.3, 0.4) is 0 Å². The van der Waals surface area contributed by atoms with Gasteiger partial charge in [0.05, 0.1) is 18.1 Å². The van der Waals surface area contributed by atoms with Gasteiger partial charge in [0, 0.05) is 38.3 Å². The SMILES string of the molecule is CCOc1ccc(C2(CNC(=NC)NC3CCS(=O)(=O)C3)CCOCC2)cc1.I. The van der Waals surface area contributed by atoms with E-state index < -0.39 is 9.84 Å². The smallest absolute Gasteiger partial charge is 0.191 e. The molecule has 1 aromatic rings. The molecule has 2 fully saturated rings. The molecule has 0 amide bonds. The lowest BCUT2D eigenvalue weighted by atomic mass is 9.74. The number of rotatable bonds is 6. The first-order chi connectivity index (χ1) is 13.5. The van der Waals surface area contributed by atoms with Gasteiger partial charge in [-0.2, -0.15) is 0 Å². The zero-order chi connectivity index (χ0) is 20.0. The molecule has 7 nitrogen and oxygen atoms in total. The first-order valence-corrected chi connectivity index (χ1v) is 11.8. The Morgan fingerprint density at radius 3 is 2.52 bits per heavy atom. The van der Waals surface area contributed by atoms with Crippen molar-refractivity contribution in [1.29, 1.82) is 0 Å². The van der Waals surface area contributed by atoms with Crippen LogP contribution in [-0.2, 0) is 20.0 Å². The van der Waals surface area contributed by atoms with Gasteiger partial charge in [0.25, 0.3) is 0 Å². The van der Waals surface area contributed by atoms with E-state index >= 15 is 0 Å². The van der Waals surface area contributed by atoms with Crippen LogP contribution in [0.5, 0.6) is 5.75 Å². The Labute approximate surface area is 191 Å². The maximum atomic E-state index is 11.7. The Balaban J connectivity index is 0.00000300. The van der Waals surface area contributed by atoms with Crippen LogP contribution in [-0.4, -0.2) is 65.3 Å². The standard InChI is InChI=1S/C20H31N3O4S.HI/c1-3-27-18-6-4-16(5-7-18)20(9-11-26-12-10-20)15-22-19(21-2)23-17-8-13-28(24,25)14-17;/h4-7,17H,3,8-15H2,1-2H3,(H2,21,22,23);1H. The van der Waals surface area contributed by atoms with E-state index in [4.69, 9.17) is 9.47 Å². The van der Waals surface area contributed by atoms with Gasteiger partial charge in [0.1, 0.15) is 5.75 Å². The Morgan fingerprint density at radius 2 is 1.97 bits per heavy atom. The highest BCUT2D eigenvalue weighted by Crippen LogP contribution is 2.35. The molecule has 0 radical (unpaired) electrons. The van der Waals surface area contributed by atoms with Gasteiger partial charge in [-0.1, -0.05) is 12.1 Å². The van der Waals surface area contributed by atoms with Gasteiger partial charge >= 0.3 is 0 Å². The van der Waals surface area contributed by atoms with E-state index in [-0.39, 0.29) is 46.9 Å². The van der Waals surface area contributed by atoms with Crippen LogP contribution < -0.4 is 15.4 Å². The molecule has 2 aliphatic heterocycles. The highest BCUT2D eigenvalue weighted by atomic mass is 127. The Bertz CT molecular complexity index is 777. The zero-order valence-electron chi connectivity index (χ0n) is 17.1. The molecule has 2 aliphatic rings. The lowest BCUT2D eigenvalue weighted by molar-refractivity contribution is 0.0513. The van der Waals surface area contributed by atoms with Crippen molar-refractivity contribution in [2.75, 3.05) is 44.9 Å². The van der Waals surface area contributed by atoms with Gasteiger partial charge in [-0.05, 0) is 43.9 Å². The fourth-order valence-corrected chi connectivity index (χ4v) is 5.62. The average molecular weight is 537 g/mol. The Morgan fingerprint density at radius 1 is 1.28 bits per heavy atom. The van der Waals surface area contributed by atoms with Gasteiger partial charge in [-0.3, -0.25) is 4.99 Å². The summed E-state index contributed by atoms with van der Waals surface area (Å²) in [4.78, 5) is 4.30. The summed E-state index contributed by atoms with van der Waals surface area (Å²) in [5.41, 5.74) is 1.20. The Kier molecular flexibility index (Phi) is 9.02. The van der Waals surface area contributed by atoms with Crippen molar-refractivity contribution in [1.82, 2.24) is 10.6 Å². The summed E-state index contributed by atoms with van der Waals surface area (Å²) in [6.07, 6.45) is 2.46. The molecule has 0 spiro atoms. The normalized spacial score (nSPS) is 23.1. The van der Waals surface area contributed by atoms with Crippen LogP contribution in [0.1, 0.15) is 31.7 Å². The number of ether oxygens (including phenoxy) is 2. The molecular formula is C20H32IN3O4S. The van der Waals surface area contributed by atoms with Gasteiger partial charge < -0.3 is 20.1 Å². The highest BCUT2D eigenvalue weighted by Gasteiger charge is 2.35. The molecule has 1 unspecified atom stereocenters. The lowest BCUT2D eigenvalue weighted by Crippen LogP contribution is -2.50. The number of hydrogen-bond acceptors (Lipinski definition) is 5. The van der Waals surface area contributed by atoms with Gasteiger partial charge in [-0.25, -0.2) is 8.42 Å². The second kappa shape index (κ2) is 10.8. The van der Waals surface area contributed by atoms with Crippen molar-refractivity contribution < 1.29 is 17.9 Å². The maximum absolute atomic E-state index is 11.7. The summed E-state index contributed by atoms with van der Waals surface area (Å²) < 4.78 is 34.6. The van der Waals surface area contributed by atoms with E-state index in [1.54, 1.807) is 7.05 Å². The topological polar surface area (TPSA) is 89.0 Å². The first-order valence-electron chi connectivity index (χ1n) is 9.95. The number of nitrogens with zero attached hydrogens (tertiary/aromatic N) is 1. The molecule has 29 heavy (non-hydrogen) atoms.